The lowest BCUT2D eigenvalue weighted by molar-refractivity contribution is 0.126. The fourth-order valence-corrected chi connectivity index (χ4v) is 1.61. The van der Waals surface area contributed by atoms with Crippen LogP contribution in [0.3, 0.4) is 0 Å². The molecule has 0 radical (unpaired) electrons. The highest BCUT2D eigenvalue weighted by atomic mass is 16.5. The van der Waals surface area contributed by atoms with Crippen LogP contribution >= 0.6 is 0 Å². The summed E-state index contributed by atoms with van der Waals surface area (Å²) in [5, 5.41) is 12.8. The van der Waals surface area contributed by atoms with Gasteiger partial charge in [-0.2, -0.15) is 0 Å². The molecule has 0 spiro atoms. The summed E-state index contributed by atoms with van der Waals surface area (Å²) in [6.07, 6.45) is 2.90. The van der Waals surface area contributed by atoms with Crippen molar-refractivity contribution in [1.29, 1.82) is 0 Å². The van der Waals surface area contributed by atoms with Crippen LogP contribution in [0.4, 0.5) is 0 Å². The molecule has 0 aliphatic carbocycles. The molecular formula is C11H25NO2. The molecule has 0 saturated heterocycles. The van der Waals surface area contributed by atoms with E-state index in [1.165, 1.54) is 0 Å². The third kappa shape index (κ3) is 4.40. The Morgan fingerprint density at radius 3 is 2.29 bits per heavy atom. The number of aliphatic hydroxyl groups excluding tert-OH is 1. The molecule has 3 nitrogen and oxygen atoms in total. The zero-order chi connectivity index (χ0) is 11.0. The lowest BCUT2D eigenvalue weighted by Crippen LogP contribution is -2.51. The average Bonchev–Trinajstić information content (AvgIpc) is 2.23. The Hall–Kier alpha value is -0.120. The zero-order valence-electron chi connectivity index (χ0n) is 9.97. The molecule has 0 aliphatic heterocycles. The summed E-state index contributed by atoms with van der Waals surface area (Å²) < 4.78 is 5.03. The van der Waals surface area contributed by atoms with Crippen molar-refractivity contribution in [2.75, 3.05) is 20.3 Å². The first-order chi connectivity index (χ1) is 6.64. The highest BCUT2D eigenvalue weighted by molar-refractivity contribution is 4.86. The van der Waals surface area contributed by atoms with E-state index >= 15 is 0 Å². The van der Waals surface area contributed by atoms with Gasteiger partial charge in [0.1, 0.15) is 0 Å². The molecular weight excluding hydrogens is 178 g/mol. The van der Waals surface area contributed by atoms with Crippen LogP contribution in [0.2, 0.25) is 0 Å². The topological polar surface area (TPSA) is 41.5 Å². The van der Waals surface area contributed by atoms with E-state index in [1.54, 1.807) is 7.11 Å². The van der Waals surface area contributed by atoms with Crippen LogP contribution < -0.4 is 5.32 Å². The van der Waals surface area contributed by atoms with Crippen molar-refractivity contribution >= 4 is 0 Å². The maximum absolute atomic E-state index is 9.36. The maximum Gasteiger partial charge on any atom is 0.0613 e. The van der Waals surface area contributed by atoms with Crippen LogP contribution in [0.25, 0.3) is 0 Å². The Morgan fingerprint density at radius 1 is 1.36 bits per heavy atom. The summed E-state index contributed by atoms with van der Waals surface area (Å²) in [5.41, 5.74) is -0.104. The molecule has 1 unspecified atom stereocenters. The summed E-state index contributed by atoms with van der Waals surface area (Å²) >= 11 is 0. The van der Waals surface area contributed by atoms with E-state index in [1.807, 2.05) is 0 Å². The fourth-order valence-electron chi connectivity index (χ4n) is 1.61. The second kappa shape index (κ2) is 7.21. The SMILES string of the molecule is CCC(CC)(CO)NC(C)CCOC. The minimum atomic E-state index is -0.104. The lowest BCUT2D eigenvalue weighted by Gasteiger charge is -2.34. The molecule has 0 aromatic heterocycles. The molecule has 2 N–H and O–H groups in total. The van der Waals surface area contributed by atoms with Gasteiger partial charge in [0.2, 0.25) is 0 Å². The molecule has 0 fully saturated rings. The molecule has 86 valence electrons. The number of aliphatic hydroxyl groups is 1. The highest BCUT2D eigenvalue weighted by Crippen LogP contribution is 2.15. The second-order valence-electron chi connectivity index (χ2n) is 3.97. The number of nitrogens with one attached hydrogen (secondary N) is 1. The summed E-state index contributed by atoms with van der Waals surface area (Å²) in [7, 11) is 1.71. The number of ether oxygens (including phenoxy) is 1. The van der Waals surface area contributed by atoms with Crippen LogP contribution in [0.1, 0.15) is 40.0 Å². The molecule has 0 aromatic carbocycles. The van der Waals surface area contributed by atoms with E-state index in [-0.39, 0.29) is 12.1 Å². The van der Waals surface area contributed by atoms with Crippen LogP contribution in [0.5, 0.6) is 0 Å². The van der Waals surface area contributed by atoms with Gasteiger partial charge in [0.25, 0.3) is 0 Å². The third-order valence-electron chi connectivity index (χ3n) is 2.96. The molecule has 0 aromatic rings. The Morgan fingerprint density at radius 2 is 1.93 bits per heavy atom. The summed E-state index contributed by atoms with van der Waals surface area (Å²) in [4.78, 5) is 0. The Kier molecular flexibility index (Phi) is 7.15. The van der Waals surface area contributed by atoms with Gasteiger partial charge >= 0.3 is 0 Å². The van der Waals surface area contributed by atoms with E-state index < -0.39 is 0 Å². The molecule has 0 rings (SSSR count). The van der Waals surface area contributed by atoms with Crippen molar-refractivity contribution in [2.45, 2.75) is 51.6 Å². The number of rotatable bonds is 8. The fraction of sp³-hybridized carbons (Fsp3) is 1.00. The Balaban J connectivity index is 4.01. The quantitative estimate of drug-likeness (QED) is 0.629. The van der Waals surface area contributed by atoms with Crippen LogP contribution in [-0.4, -0.2) is 37.0 Å². The van der Waals surface area contributed by atoms with Gasteiger partial charge in [-0.05, 0) is 26.2 Å². The van der Waals surface area contributed by atoms with Gasteiger partial charge in [0.15, 0.2) is 0 Å². The molecule has 1 atom stereocenters. The summed E-state index contributed by atoms with van der Waals surface area (Å²) in [6, 6.07) is 0.391. The van der Waals surface area contributed by atoms with E-state index in [4.69, 9.17) is 4.74 Å². The highest BCUT2D eigenvalue weighted by Gasteiger charge is 2.26. The minimum Gasteiger partial charge on any atom is -0.394 e. The van der Waals surface area contributed by atoms with E-state index in [0.29, 0.717) is 6.04 Å². The molecule has 0 heterocycles. The number of methoxy groups -OCH3 is 1. The van der Waals surface area contributed by atoms with Crippen molar-refractivity contribution in [1.82, 2.24) is 5.32 Å². The normalized spacial score (nSPS) is 14.4. The smallest absolute Gasteiger partial charge is 0.0613 e. The standard InChI is InChI=1S/C11H25NO2/c1-5-11(6-2,9-13)12-10(3)7-8-14-4/h10,12-13H,5-9H2,1-4H3. The number of hydrogen-bond acceptors (Lipinski definition) is 3. The Bertz CT molecular complexity index is 127. The van der Waals surface area contributed by atoms with Crippen LogP contribution in [0, 0.1) is 0 Å². The average molecular weight is 203 g/mol. The molecule has 14 heavy (non-hydrogen) atoms. The van der Waals surface area contributed by atoms with E-state index in [9.17, 15) is 5.11 Å². The summed E-state index contributed by atoms with van der Waals surface area (Å²) in [6.45, 7) is 7.32. The molecule has 0 bridgehead atoms. The van der Waals surface area contributed by atoms with Crippen LogP contribution in [-0.2, 0) is 4.74 Å². The largest absolute Gasteiger partial charge is 0.394 e. The third-order valence-corrected chi connectivity index (χ3v) is 2.96. The first-order valence-electron chi connectivity index (χ1n) is 5.51. The maximum atomic E-state index is 9.36. The van der Waals surface area contributed by atoms with Crippen molar-refractivity contribution < 1.29 is 9.84 Å². The van der Waals surface area contributed by atoms with Gasteiger partial charge in [-0.15, -0.1) is 0 Å². The second-order valence-corrected chi connectivity index (χ2v) is 3.97. The van der Waals surface area contributed by atoms with Gasteiger partial charge in [-0.1, -0.05) is 13.8 Å². The predicted octanol–water partition coefficient (Wildman–Crippen LogP) is 1.55. The van der Waals surface area contributed by atoms with Crippen LogP contribution in [0.15, 0.2) is 0 Å². The van der Waals surface area contributed by atoms with Gasteiger partial charge in [0, 0.05) is 25.3 Å². The van der Waals surface area contributed by atoms with Gasteiger partial charge in [0.05, 0.1) is 6.61 Å². The predicted molar refractivity (Wildman–Crippen MR) is 59.5 cm³/mol. The molecule has 0 amide bonds. The van der Waals surface area contributed by atoms with Gasteiger partial charge in [-0.25, -0.2) is 0 Å². The molecule has 0 aliphatic rings. The van der Waals surface area contributed by atoms with Crippen molar-refractivity contribution in [3.8, 4) is 0 Å². The first-order valence-corrected chi connectivity index (χ1v) is 5.51. The zero-order valence-corrected chi connectivity index (χ0v) is 9.97. The molecule has 0 saturated carbocycles. The first kappa shape index (κ1) is 13.9. The van der Waals surface area contributed by atoms with Gasteiger partial charge < -0.3 is 15.2 Å². The summed E-state index contributed by atoms with van der Waals surface area (Å²) in [5.74, 6) is 0. The van der Waals surface area contributed by atoms with Crippen molar-refractivity contribution in [2.24, 2.45) is 0 Å². The lowest BCUT2D eigenvalue weighted by atomic mass is 9.92. The van der Waals surface area contributed by atoms with E-state index in [0.717, 1.165) is 25.9 Å². The van der Waals surface area contributed by atoms with Crippen molar-refractivity contribution in [3.05, 3.63) is 0 Å². The monoisotopic (exact) mass is 203 g/mol. The Labute approximate surface area is 87.8 Å². The van der Waals surface area contributed by atoms with E-state index in [2.05, 4.69) is 26.1 Å². The van der Waals surface area contributed by atoms with Crippen molar-refractivity contribution in [3.63, 3.8) is 0 Å². The minimum absolute atomic E-state index is 0.104. The van der Waals surface area contributed by atoms with Gasteiger partial charge in [-0.3, -0.25) is 0 Å². The molecule has 3 heteroatoms. The number of hydrogen-bond donors (Lipinski definition) is 2.